The average molecular weight is 428 g/mol. The number of rotatable bonds is 7. The molecule has 156 valence electrons. The zero-order valence-electron chi connectivity index (χ0n) is 16.5. The number of hydrogen-bond acceptors (Lipinski definition) is 4. The van der Waals surface area contributed by atoms with Crippen molar-refractivity contribution in [2.75, 3.05) is 18.5 Å². The summed E-state index contributed by atoms with van der Waals surface area (Å²) in [4.78, 5) is 12.5. The van der Waals surface area contributed by atoms with E-state index in [-0.39, 0.29) is 17.0 Å². The van der Waals surface area contributed by atoms with Gasteiger partial charge in [0.1, 0.15) is 11.6 Å². The van der Waals surface area contributed by atoms with E-state index in [1.165, 1.54) is 50.6 Å². The van der Waals surface area contributed by atoms with Crippen molar-refractivity contribution in [3.63, 3.8) is 0 Å². The highest BCUT2D eigenvalue weighted by Gasteiger charge is 2.22. The van der Waals surface area contributed by atoms with Gasteiger partial charge in [0.15, 0.2) is 0 Å². The number of amides is 1. The van der Waals surface area contributed by atoms with Crippen molar-refractivity contribution < 1.29 is 22.3 Å². The minimum atomic E-state index is -3.88. The highest BCUT2D eigenvalue weighted by molar-refractivity contribution is 7.92. The van der Waals surface area contributed by atoms with Crippen LogP contribution >= 0.6 is 0 Å². The Morgan fingerprint density at radius 2 is 1.73 bits per heavy atom. The summed E-state index contributed by atoms with van der Waals surface area (Å²) in [5, 5.41) is 2.67. The van der Waals surface area contributed by atoms with Crippen LogP contribution in [0.4, 0.5) is 10.1 Å². The first kappa shape index (κ1) is 21.3. The van der Waals surface area contributed by atoms with E-state index in [9.17, 15) is 17.6 Å². The van der Waals surface area contributed by atoms with E-state index < -0.39 is 21.7 Å². The van der Waals surface area contributed by atoms with Crippen LogP contribution in [0.5, 0.6) is 5.75 Å². The van der Waals surface area contributed by atoms with Crippen LogP contribution < -0.4 is 14.4 Å². The Balaban J connectivity index is 1.78. The number of carbonyl (C=O) groups is 1. The fourth-order valence-corrected chi connectivity index (χ4v) is 4.06. The van der Waals surface area contributed by atoms with Gasteiger partial charge in [0.05, 0.1) is 17.7 Å². The van der Waals surface area contributed by atoms with Crippen LogP contribution in [0.15, 0.2) is 77.7 Å². The van der Waals surface area contributed by atoms with Gasteiger partial charge in [-0.2, -0.15) is 0 Å². The predicted octanol–water partition coefficient (Wildman–Crippen LogP) is 3.59. The molecule has 0 unspecified atom stereocenters. The van der Waals surface area contributed by atoms with Crippen LogP contribution in [-0.4, -0.2) is 28.5 Å². The van der Waals surface area contributed by atoms with Crippen molar-refractivity contribution in [2.45, 2.75) is 11.4 Å². The lowest BCUT2D eigenvalue weighted by Crippen LogP contribution is -2.27. The molecule has 30 heavy (non-hydrogen) atoms. The first-order chi connectivity index (χ1) is 14.3. The molecule has 6 nitrogen and oxygen atoms in total. The van der Waals surface area contributed by atoms with E-state index in [0.29, 0.717) is 17.0 Å². The van der Waals surface area contributed by atoms with E-state index in [0.717, 1.165) is 4.31 Å². The molecular weight excluding hydrogens is 407 g/mol. The van der Waals surface area contributed by atoms with Crippen LogP contribution in [0.3, 0.4) is 0 Å². The first-order valence-electron chi connectivity index (χ1n) is 9.07. The lowest BCUT2D eigenvalue weighted by Gasteiger charge is -2.20. The van der Waals surface area contributed by atoms with Crippen LogP contribution in [-0.2, 0) is 16.6 Å². The third-order valence-corrected chi connectivity index (χ3v) is 6.31. The molecule has 8 heteroatoms. The van der Waals surface area contributed by atoms with Gasteiger partial charge in [0.2, 0.25) is 0 Å². The maximum atomic E-state index is 13.3. The van der Waals surface area contributed by atoms with Gasteiger partial charge in [0, 0.05) is 19.2 Å². The number of sulfonamides is 1. The fraction of sp³-hybridized carbons (Fsp3) is 0.136. The van der Waals surface area contributed by atoms with Gasteiger partial charge in [0.25, 0.3) is 15.9 Å². The van der Waals surface area contributed by atoms with E-state index in [2.05, 4.69) is 5.32 Å². The van der Waals surface area contributed by atoms with Gasteiger partial charge in [-0.1, -0.05) is 18.2 Å². The third kappa shape index (κ3) is 4.77. The molecule has 3 aromatic rings. The molecule has 0 fully saturated rings. The van der Waals surface area contributed by atoms with E-state index in [4.69, 9.17) is 4.74 Å². The summed E-state index contributed by atoms with van der Waals surface area (Å²) in [6.07, 6.45) is 0. The molecule has 0 saturated carbocycles. The SMILES string of the molecule is COc1ccc(N(C)S(=O)(=O)c2cccc(C(=O)NCc3cccc(F)c3)c2)cc1. The van der Waals surface area contributed by atoms with Crippen molar-refractivity contribution in [1.82, 2.24) is 5.32 Å². The minimum absolute atomic E-state index is 0.0146. The second-order valence-electron chi connectivity index (χ2n) is 6.51. The molecule has 3 aromatic carbocycles. The van der Waals surface area contributed by atoms with Gasteiger partial charge in [-0.3, -0.25) is 9.10 Å². The molecule has 0 radical (unpaired) electrons. The second kappa shape index (κ2) is 8.96. The maximum Gasteiger partial charge on any atom is 0.264 e. The smallest absolute Gasteiger partial charge is 0.264 e. The summed E-state index contributed by atoms with van der Waals surface area (Å²) in [7, 11) is -0.911. The van der Waals surface area contributed by atoms with Gasteiger partial charge in [-0.05, 0) is 60.2 Å². The lowest BCUT2D eigenvalue weighted by atomic mass is 10.2. The molecule has 1 amide bonds. The number of nitrogens with zero attached hydrogens (tertiary/aromatic N) is 1. The maximum absolute atomic E-state index is 13.3. The zero-order chi connectivity index (χ0) is 21.7. The van der Waals surface area contributed by atoms with Gasteiger partial charge >= 0.3 is 0 Å². The van der Waals surface area contributed by atoms with E-state index in [1.54, 1.807) is 36.4 Å². The molecule has 0 spiro atoms. The Kier molecular flexibility index (Phi) is 6.37. The molecule has 3 rings (SSSR count). The van der Waals surface area contributed by atoms with E-state index >= 15 is 0 Å². The molecule has 0 aliphatic heterocycles. The molecule has 0 bridgehead atoms. The number of methoxy groups -OCH3 is 1. The van der Waals surface area contributed by atoms with Crippen LogP contribution in [0.1, 0.15) is 15.9 Å². The molecule has 0 aliphatic carbocycles. The van der Waals surface area contributed by atoms with E-state index in [1.807, 2.05) is 0 Å². The first-order valence-corrected chi connectivity index (χ1v) is 10.5. The molecule has 0 aliphatic rings. The van der Waals surface area contributed by atoms with Crippen LogP contribution in [0.2, 0.25) is 0 Å². The highest BCUT2D eigenvalue weighted by atomic mass is 32.2. The number of benzene rings is 3. The monoisotopic (exact) mass is 428 g/mol. The number of carbonyl (C=O) groups excluding carboxylic acids is 1. The number of anilines is 1. The lowest BCUT2D eigenvalue weighted by molar-refractivity contribution is 0.0950. The molecular formula is C22H21FN2O4S. The van der Waals surface area contributed by atoms with Crippen molar-refractivity contribution in [1.29, 1.82) is 0 Å². The summed E-state index contributed by atoms with van der Waals surface area (Å²) in [5.41, 5.74) is 1.25. The van der Waals surface area contributed by atoms with Gasteiger partial charge in [-0.25, -0.2) is 12.8 Å². The largest absolute Gasteiger partial charge is 0.497 e. The Morgan fingerprint density at radius 3 is 2.40 bits per heavy atom. The van der Waals surface area contributed by atoms with Crippen LogP contribution in [0, 0.1) is 5.82 Å². The normalized spacial score (nSPS) is 11.0. The van der Waals surface area contributed by atoms with Crippen LogP contribution in [0.25, 0.3) is 0 Å². The molecule has 0 saturated heterocycles. The predicted molar refractivity (Wildman–Crippen MR) is 113 cm³/mol. The standard InChI is InChI=1S/C22H21FN2O4S/c1-25(19-9-11-20(29-2)12-10-19)30(27,28)21-8-4-6-17(14-21)22(26)24-15-16-5-3-7-18(23)13-16/h3-14H,15H2,1-2H3,(H,24,26). The molecule has 0 atom stereocenters. The average Bonchev–Trinajstić information content (AvgIpc) is 2.77. The second-order valence-corrected chi connectivity index (χ2v) is 8.48. The number of nitrogens with one attached hydrogen (secondary N) is 1. The van der Waals surface area contributed by atoms with Gasteiger partial charge in [-0.15, -0.1) is 0 Å². The summed E-state index contributed by atoms with van der Waals surface area (Å²) < 4.78 is 45.5. The number of halogens is 1. The van der Waals surface area contributed by atoms with Crippen molar-refractivity contribution in [3.05, 3.63) is 89.7 Å². The summed E-state index contributed by atoms with van der Waals surface area (Å²) in [5.74, 6) is -0.235. The topological polar surface area (TPSA) is 75.7 Å². The van der Waals surface area contributed by atoms with Crippen molar-refractivity contribution in [2.24, 2.45) is 0 Å². The number of ether oxygens (including phenoxy) is 1. The molecule has 0 heterocycles. The Morgan fingerprint density at radius 1 is 1.03 bits per heavy atom. The van der Waals surface area contributed by atoms with Crippen molar-refractivity contribution >= 4 is 21.6 Å². The van der Waals surface area contributed by atoms with Crippen molar-refractivity contribution in [3.8, 4) is 5.75 Å². The quantitative estimate of drug-likeness (QED) is 0.624. The summed E-state index contributed by atoms with van der Waals surface area (Å²) in [6.45, 7) is 0.124. The molecule has 0 aromatic heterocycles. The summed E-state index contributed by atoms with van der Waals surface area (Å²) >= 11 is 0. The minimum Gasteiger partial charge on any atom is -0.497 e. The Bertz CT molecular complexity index is 1150. The highest BCUT2D eigenvalue weighted by Crippen LogP contribution is 2.24. The number of hydrogen-bond donors (Lipinski definition) is 1. The summed E-state index contributed by atoms with van der Waals surface area (Å²) in [6, 6.07) is 18.2. The Labute approximate surface area is 175 Å². The fourth-order valence-electron chi connectivity index (χ4n) is 2.82. The third-order valence-electron chi connectivity index (χ3n) is 4.53. The van der Waals surface area contributed by atoms with Gasteiger partial charge < -0.3 is 10.1 Å². The molecule has 1 N–H and O–H groups in total. The Hall–Kier alpha value is -3.39. The zero-order valence-corrected chi connectivity index (χ0v) is 17.3.